The van der Waals surface area contributed by atoms with Crippen LogP contribution in [0, 0.1) is 34.6 Å². The Morgan fingerprint density at radius 2 is 1.05 bits per heavy atom. The number of fused-ring (bicyclic) bond motifs is 7. The summed E-state index contributed by atoms with van der Waals surface area (Å²) in [6.45, 7) is 32.1. The van der Waals surface area contributed by atoms with Gasteiger partial charge in [-0.3, -0.25) is 4.90 Å². The van der Waals surface area contributed by atoms with E-state index in [1.807, 2.05) is 18.4 Å². The Balaban J connectivity index is 1.31. The molecule has 5 heteroatoms. The van der Waals surface area contributed by atoms with Crippen LogP contribution in [-0.4, -0.2) is 6.71 Å². The highest BCUT2D eigenvalue weighted by Crippen LogP contribution is 2.50. The zero-order valence-electron chi connectivity index (χ0n) is 39.1. The van der Waals surface area contributed by atoms with Gasteiger partial charge in [0.25, 0.3) is 6.71 Å². The van der Waals surface area contributed by atoms with Crippen LogP contribution < -0.4 is 26.2 Å². The van der Waals surface area contributed by atoms with E-state index in [0.29, 0.717) is 0 Å². The topological polar surface area (TPSA) is 32.8 Å². The second kappa shape index (κ2) is 13.5. The summed E-state index contributed by atoms with van der Waals surface area (Å²) in [5.41, 5.74) is 24.0. The fourth-order valence-corrected chi connectivity index (χ4v) is 10.5. The second-order valence-corrected chi connectivity index (χ2v) is 21.4. The van der Waals surface area contributed by atoms with Crippen molar-refractivity contribution in [1.82, 2.24) is 0 Å². The normalized spacial score (nSPS) is 13.9. The molecule has 0 bridgehead atoms. The van der Waals surface area contributed by atoms with Crippen molar-refractivity contribution in [2.45, 2.75) is 113 Å². The third kappa shape index (κ3) is 6.09. The quantitative estimate of drug-likeness (QED) is 0.166. The van der Waals surface area contributed by atoms with E-state index in [-0.39, 0.29) is 23.0 Å². The van der Waals surface area contributed by atoms with Crippen molar-refractivity contribution >= 4 is 79.4 Å². The van der Waals surface area contributed by atoms with Gasteiger partial charge in [-0.2, -0.15) is 0 Å². The lowest BCUT2D eigenvalue weighted by atomic mass is 9.33. The molecule has 0 saturated heterocycles. The first kappa shape index (κ1) is 40.2. The van der Waals surface area contributed by atoms with Crippen LogP contribution in [0.3, 0.4) is 0 Å². The van der Waals surface area contributed by atoms with Gasteiger partial charge in [0.05, 0.1) is 17.6 Å². The van der Waals surface area contributed by atoms with E-state index in [2.05, 4.69) is 192 Å². The van der Waals surface area contributed by atoms with Crippen molar-refractivity contribution in [2.24, 2.45) is 0 Å². The molecule has 6 aromatic carbocycles. The number of hydrogen-bond donors (Lipinski definition) is 0. The minimum atomic E-state index is -0.0662. The minimum Gasteiger partial charge on any atom is -0.464 e. The minimum absolute atomic E-state index is 0.0162. The first-order valence-corrected chi connectivity index (χ1v) is 22.4. The van der Waals surface area contributed by atoms with Crippen molar-refractivity contribution in [2.75, 3.05) is 9.80 Å². The van der Waals surface area contributed by atoms with Crippen LogP contribution in [-0.2, 0) is 16.2 Å². The lowest BCUT2D eigenvalue weighted by Gasteiger charge is -2.44. The SMILES string of the molecule is Cc1cc2c3c(c1)N(c1c(C)cc(C(C)(C)C)cc1C)c1oc4ccc(C(C)(C)C)cc4c1B3c1cc(C(C)(C)C)ccc1N2c1c(C)cc(-c2coc3ccccc23)cc1C. The molecule has 0 fully saturated rings. The molecule has 10 rings (SSSR count). The van der Waals surface area contributed by atoms with Gasteiger partial charge in [-0.25, -0.2) is 0 Å². The van der Waals surface area contributed by atoms with Gasteiger partial charge in [0, 0.05) is 38.9 Å². The molecule has 4 heterocycles. The summed E-state index contributed by atoms with van der Waals surface area (Å²) in [4.78, 5) is 5.07. The summed E-state index contributed by atoms with van der Waals surface area (Å²) in [5, 5.41) is 2.32. The maximum Gasteiger partial charge on any atom is 0.257 e. The first-order valence-electron chi connectivity index (χ1n) is 22.4. The van der Waals surface area contributed by atoms with Crippen molar-refractivity contribution < 1.29 is 8.83 Å². The van der Waals surface area contributed by atoms with Crippen LogP contribution >= 0.6 is 0 Å². The molecular formula is C57H59BN2O2. The maximum absolute atomic E-state index is 7.27. The molecule has 312 valence electrons. The monoisotopic (exact) mass is 814 g/mol. The highest BCUT2D eigenvalue weighted by Gasteiger charge is 2.47. The Morgan fingerprint density at radius 1 is 0.484 bits per heavy atom. The Hall–Kier alpha value is -5.94. The van der Waals surface area contributed by atoms with E-state index in [1.165, 1.54) is 94.7 Å². The standard InChI is InChI=1S/C57H59BN2O2/c1-32-23-46-51-47(24-32)60(53-35(4)27-40(28-36(53)5)57(12,13)14)54-50(42-29-38(55(6,7)8)20-22-49(42)62-54)58(51)44-30-39(56(9,10)11)19-21-45(44)59(46)52-33(2)25-37(26-34(52)3)43-31-61-48-18-16-15-17-41(43)48/h15-31H,1-14H3. The molecule has 62 heavy (non-hydrogen) atoms. The van der Waals surface area contributed by atoms with E-state index in [9.17, 15) is 0 Å². The molecule has 4 nitrogen and oxygen atoms in total. The van der Waals surface area contributed by atoms with E-state index >= 15 is 0 Å². The Bertz CT molecular complexity index is 3110. The summed E-state index contributed by atoms with van der Waals surface area (Å²) in [5.74, 6) is 0.916. The highest BCUT2D eigenvalue weighted by molar-refractivity contribution is 7.01. The van der Waals surface area contributed by atoms with Crippen LogP contribution in [0.25, 0.3) is 33.1 Å². The van der Waals surface area contributed by atoms with Crippen LogP contribution in [0.15, 0.2) is 112 Å². The fourth-order valence-electron chi connectivity index (χ4n) is 10.5. The first-order chi connectivity index (χ1) is 29.2. The molecule has 2 aliphatic rings. The molecule has 0 N–H and O–H groups in total. The highest BCUT2D eigenvalue weighted by atomic mass is 16.4. The summed E-state index contributed by atoms with van der Waals surface area (Å²) in [7, 11) is 0. The predicted octanol–water partition coefficient (Wildman–Crippen LogP) is 14.4. The number of rotatable bonds is 3. The van der Waals surface area contributed by atoms with E-state index in [4.69, 9.17) is 8.83 Å². The average molecular weight is 815 g/mol. The zero-order valence-corrected chi connectivity index (χ0v) is 39.1. The summed E-state index contributed by atoms with van der Waals surface area (Å²) in [6, 6.07) is 36.8. The second-order valence-electron chi connectivity index (χ2n) is 21.4. The van der Waals surface area contributed by atoms with Crippen molar-refractivity contribution in [3.63, 3.8) is 0 Å². The van der Waals surface area contributed by atoms with Gasteiger partial charge in [-0.1, -0.05) is 111 Å². The number of benzene rings is 6. The number of aryl methyl sites for hydroxylation is 5. The number of nitrogens with zero attached hydrogens (tertiary/aromatic N) is 2. The number of para-hydroxylation sites is 1. The lowest BCUT2D eigenvalue weighted by molar-refractivity contribution is 0.588. The van der Waals surface area contributed by atoms with E-state index < -0.39 is 0 Å². The number of furan rings is 2. The lowest BCUT2D eigenvalue weighted by Crippen LogP contribution is -2.61. The van der Waals surface area contributed by atoms with Crippen molar-refractivity contribution in [3.05, 3.63) is 148 Å². The molecule has 0 radical (unpaired) electrons. The van der Waals surface area contributed by atoms with E-state index in [1.54, 1.807) is 0 Å². The van der Waals surface area contributed by atoms with Gasteiger partial charge in [-0.05, 0) is 160 Å². The molecule has 0 spiro atoms. The predicted molar refractivity (Wildman–Crippen MR) is 265 cm³/mol. The van der Waals surface area contributed by atoms with Crippen molar-refractivity contribution in [3.8, 4) is 11.1 Å². The average Bonchev–Trinajstić information content (AvgIpc) is 3.79. The maximum atomic E-state index is 7.27. The molecule has 2 aromatic heterocycles. The smallest absolute Gasteiger partial charge is 0.257 e. The Morgan fingerprint density at radius 3 is 1.69 bits per heavy atom. The molecule has 0 unspecified atom stereocenters. The van der Waals surface area contributed by atoms with Gasteiger partial charge < -0.3 is 13.7 Å². The van der Waals surface area contributed by atoms with Crippen LogP contribution in [0.1, 0.15) is 107 Å². The molecule has 0 aliphatic carbocycles. The Labute approximate surface area is 368 Å². The summed E-state index contributed by atoms with van der Waals surface area (Å²) >= 11 is 0. The number of anilines is 6. The molecule has 8 aromatic rings. The molecule has 2 aliphatic heterocycles. The fraction of sp³-hybridized carbons (Fsp3) is 0.298. The summed E-state index contributed by atoms with van der Waals surface area (Å²) < 4.78 is 13.3. The van der Waals surface area contributed by atoms with Gasteiger partial charge in [0.2, 0.25) is 5.88 Å². The molecule has 0 saturated carbocycles. The van der Waals surface area contributed by atoms with Crippen LogP contribution in [0.5, 0.6) is 0 Å². The zero-order chi connectivity index (χ0) is 43.9. The molecular weight excluding hydrogens is 755 g/mol. The van der Waals surface area contributed by atoms with Gasteiger partial charge in [0.15, 0.2) is 0 Å². The van der Waals surface area contributed by atoms with Crippen LogP contribution in [0.2, 0.25) is 0 Å². The molecule has 0 amide bonds. The third-order valence-corrected chi connectivity index (χ3v) is 13.6. The molecule has 0 atom stereocenters. The van der Waals surface area contributed by atoms with Crippen molar-refractivity contribution in [1.29, 1.82) is 0 Å². The third-order valence-electron chi connectivity index (χ3n) is 13.6. The van der Waals surface area contributed by atoms with E-state index in [0.717, 1.165) is 33.6 Å². The van der Waals surface area contributed by atoms with Crippen LogP contribution in [0.4, 0.5) is 34.3 Å². The number of hydrogen-bond acceptors (Lipinski definition) is 4. The largest absolute Gasteiger partial charge is 0.464 e. The van der Waals surface area contributed by atoms with Gasteiger partial charge in [-0.15, -0.1) is 0 Å². The Kier molecular flexibility index (Phi) is 8.76. The summed E-state index contributed by atoms with van der Waals surface area (Å²) in [6.07, 6.45) is 1.91. The van der Waals surface area contributed by atoms with Gasteiger partial charge >= 0.3 is 0 Å². The van der Waals surface area contributed by atoms with Gasteiger partial charge in [0.1, 0.15) is 11.2 Å².